The molecule has 28 heavy (non-hydrogen) atoms. The van der Waals surface area contributed by atoms with E-state index >= 15 is 0 Å². The van der Waals surface area contributed by atoms with Gasteiger partial charge in [0.15, 0.2) is 0 Å². The fourth-order valence-electron chi connectivity index (χ4n) is 7.28. The van der Waals surface area contributed by atoms with Crippen molar-refractivity contribution in [3.8, 4) is 0 Å². The van der Waals surface area contributed by atoms with E-state index in [-0.39, 0.29) is 35.6 Å². The second kappa shape index (κ2) is 5.82. The number of amides is 2. The summed E-state index contributed by atoms with van der Waals surface area (Å²) in [6, 6.07) is 8.85. The highest BCUT2D eigenvalue weighted by atomic mass is 16.2. The summed E-state index contributed by atoms with van der Waals surface area (Å²) in [5, 5.41) is 5.78. The fourth-order valence-corrected chi connectivity index (χ4v) is 7.28. The molecular weight excluding hydrogens is 350 g/mol. The number of hydrogen-bond donors (Lipinski definition) is 2. The third-order valence-corrected chi connectivity index (χ3v) is 8.51. The number of rotatable bonds is 1. The molecule has 3 saturated carbocycles. The molecule has 1 aromatic rings. The van der Waals surface area contributed by atoms with Crippen molar-refractivity contribution in [3.63, 3.8) is 0 Å². The topological polar surface area (TPSA) is 61.4 Å². The number of hydrogen-bond acceptors (Lipinski definition) is 3. The minimum atomic E-state index is -0.602. The first kappa shape index (κ1) is 17.0. The highest BCUT2D eigenvalue weighted by molar-refractivity contribution is 5.89. The summed E-state index contributed by atoms with van der Waals surface area (Å²) < 4.78 is 0. The molecule has 2 bridgehead atoms. The Morgan fingerprint density at radius 2 is 1.75 bits per heavy atom. The summed E-state index contributed by atoms with van der Waals surface area (Å²) in [4.78, 5) is 26.7. The van der Waals surface area contributed by atoms with E-state index in [1.807, 2.05) is 0 Å². The standard InChI is InChI=1S/C23H29N3O2/c1-13-6-10-16(11-7-13)23-18-5-3-2-4-17(18)21(27)25-26(23)22(28)19-14-8-9-15(12-14)20(19)24-23/h6-7,10-11,14-15,17-20,24H,2-5,8-9,12H2,1H3,(H,25,27)/t14-,15+,17+,18-,19+,20-,23-/m0/s1. The van der Waals surface area contributed by atoms with E-state index in [0.717, 1.165) is 44.1 Å². The van der Waals surface area contributed by atoms with Gasteiger partial charge in [-0.15, -0.1) is 0 Å². The zero-order chi connectivity index (χ0) is 19.0. The van der Waals surface area contributed by atoms with Crippen LogP contribution in [0.2, 0.25) is 0 Å². The predicted molar refractivity (Wildman–Crippen MR) is 105 cm³/mol. The van der Waals surface area contributed by atoms with Crippen molar-refractivity contribution < 1.29 is 9.59 Å². The van der Waals surface area contributed by atoms with Crippen molar-refractivity contribution in [2.75, 3.05) is 0 Å². The van der Waals surface area contributed by atoms with Crippen molar-refractivity contribution >= 4 is 11.8 Å². The van der Waals surface area contributed by atoms with Crippen molar-refractivity contribution in [2.45, 2.75) is 63.6 Å². The largest absolute Gasteiger partial charge is 0.285 e. The lowest BCUT2D eigenvalue weighted by molar-refractivity contribution is -0.194. The number of benzene rings is 1. The molecule has 0 unspecified atom stereocenters. The lowest BCUT2D eigenvalue weighted by Gasteiger charge is -2.61. The summed E-state index contributed by atoms with van der Waals surface area (Å²) in [5.74, 6) is 1.43. The average molecular weight is 380 g/mol. The van der Waals surface area contributed by atoms with Crippen LogP contribution in [-0.2, 0) is 15.3 Å². The van der Waals surface area contributed by atoms with E-state index in [9.17, 15) is 9.59 Å². The van der Waals surface area contributed by atoms with Crippen molar-refractivity contribution in [2.24, 2.45) is 29.6 Å². The molecule has 5 heteroatoms. The zero-order valence-electron chi connectivity index (χ0n) is 16.5. The van der Waals surface area contributed by atoms with Crippen LogP contribution in [0.25, 0.3) is 0 Å². The second-order valence-electron chi connectivity index (χ2n) is 9.81. The Balaban J connectivity index is 1.53. The predicted octanol–water partition coefficient (Wildman–Crippen LogP) is 2.85. The molecule has 3 aliphatic carbocycles. The van der Waals surface area contributed by atoms with Gasteiger partial charge in [-0.2, -0.15) is 0 Å². The van der Waals surface area contributed by atoms with Crippen LogP contribution >= 0.6 is 0 Å². The van der Waals surface area contributed by atoms with E-state index in [2.05, 4.69) is 41.9 Å². The molecule has 0 aromatic heterocycles. The van der Waals surface area contributed by atoms with Crippen LogP contribution in [0.1, 0.15) is 56.1 Å². The molecule has 0 spiro atoms. The van der Waals surface area contributed by atoms with E-state index in [1.54, 1.807) is 5.01 Å². The van der Waals surface area contributed by atoms with Gasteiger partial charge in [0.05, 0.1) is 5.92 Å². The highest BCUT2D eigenvalue weighted by Crippen LogP contribution is 2.56. The molecule has 5 aliphatic rings. The third kappa shape index (κ3) is 2.06. The van der Waals surface area contributed by atoms with Gasteiger partial charge in [0, 0.05) is 17.9 Å². The fraction of sp³-hybridized carbons (Fsp3) is 0.652. The highest BCUT2D eigenvalue weighted by Gasteiger charge is 2.66. The lowest BCUT2D eigenvalue weighted by atomic mass is 9.65. The van der Waals surface area contributed by atoms with Crippen molar-refractivity contribution in [1.29, 1.82) is 0 Å². The maximum atomic E-state index is 13.8. The van der Waals surface area contributed by atoms with E-state index in [1.165, 1.54) is 12.0 Å². The molecule has 2 aliphatic heterocycles. The minimum absolute atomic E-state index is 0.0123. The number of nitrogens with zero attached hydrogens (tertiary/aromatic N) is 1. The Morgan fingerprint density at radius 1 is 1.00 bits per heavy atom. The molecule has 5 fully saturated rings. The minimum Gasteiger partial charge on any atom is -0.285 e. The molecule has 6 rings (SSSR count). The van der Waals surface area contributed by atoms with E-state index in [4.69, 9.17) is 0 Å². The van der Waals surface area contributed by atoms with Gasteiger partial charge in [-0.05, 0) is 56.4 Å². The summed E-state index contributed by atoms with van der Waals surface area (Å²) >= 11 is 0. The maximum Gasteiger partial charge on any atom is 0.248 e. The van der Waals surface area contributed by atoms with Crippen LogP contribution in [0.4, 0.5) is 0 Å². The summed E-state index contributed by atoms with van der Waals surface area (Å²) in [6.07, 6.45) is 7.70. The Bertz CT molecular complexity index is 837. The lowest BCUT2D eigenvalue weighted by Crippen LogP contribution is -2.80. The Kier molecular flexibility index (Phi) is 3.54. The third-order valence-electron chi connectivity index (χ3n) is 8.51. The molecule has 1 aromatic carbocycles. The quantitative estimate of drug-likeness (QED) is 0.789. The molecule has 5 nitrogen and oxygen atoms in total. The van der Waals surface area contributed by atoms with Gasteiger partial charge in [0.25, 0.3) is 0 Å². The van der Waals surface area contributed by atoms with Crippen LogP contribution in [0.3, 0.4) is 0 Å². The SMILES string of the molecule is Cc1ccc([C@]23N[C@H]4[C@@H]5CC[C@@H](C5)[C@H]4C(=O)N2NC(=O)[C@@H]2CCCC[C@@H]23)cc1. The van der Waals surface area contributed by atoms with Crippen LogP contribution < -0.4 is 10.7 Å². The molecule has 148 valence electrons. The first-order valence-corrected chi connectivity index (χ1v) is 11.1. The maximum absolute atomic E-state index is 13.8. The van der Waals surface area contributed by atoms with Crippen molar-refractivity contribution in [3.05, 3.63) is 35.4 Å². The monoisotopic (exact) mass is 379 g/mol. The van der Waals surface area contributed by atoms with Crippen LogP contribution in [0.5, 0.6) is 0 Å². The Hall–Kier alpha value is -1.88. The number of aryl methyl sites for hydroxylation is 1. The number of carbonyl (C=O) groups is 2. The number of nitrogens with one attached hydrogen (secondary N) is 2. The summed E-state index contributed by atoms with van der Waals surface area (Å²) in [7, 11) is 0. The van der Waals surface area contributed by atoms with E-state index < -0.39 is 5.66 Å². The number of fused-ring (bicyclic) bond motifs is 8. The normalized spacial score (nSPS) is 44.0. The van der Waals surface area contributed by atoms with Gasteiger partial charge in [0.2, 0.25) is 11.8 Å². The smallest absolute Gasteiger partial charge is 0.248 e. The summed E-state index contributed by atoms with van der Waals surface area (Å²) in [6.45, 7) is 2.09. The van der Waals surface area contributed by atoms with Gasteiger partial charge in [-0.1, -0.05) is 42.7 Å². The van der Waals surface area contributed by atoms with E-state index in [0.29, 0.717) is 11.8 Å². The zero-order valence-corrected chi connectivity index (χ0v) is 16.5. The first-order chi connectivity index (χ1) is 13.6. The molecule has 2 saturated heterocycles. The second-order valence-corrected chi connectivity index (χ2v) is 9.81. The average Bonchev–Trinajstić information content (AvgIpc) is 3.32. The molecule has 2 N–H and O–H groups in total. The molecule has 2 amide bonds. The Morgan fingerprint density at radius 3 is 2.57 bits per heavy atom. The molecule has 0 radical (unpaired) electrons. The van der Waals surface area contributed by atoms with Crippen molar-refractivity contribution in [1.82, 2.24) is 15.8 Å². The van der Waals surface area contributed by atoms with Gasteiger partial charge >= 0.3 is 0 Å². The van der Waals surface area contributed by atoms with Crippen LogP contribution in [0.15, 0.2) is 24.3 Å². The number of carbonyl (C=O) groups excluding carboxylic acids is 2. The van der Waals surface area contributed by atoms with Gasteiger partial charge in [0.1, 0.15) is 5.66 Å². The van der Waals surface area contributed by atoms with Gasteiger partial charge in [-0.3, -0.25) is 20.3 Å². The molecule has 7 atom stereocenters. The van der Waals surface area contributed by atoms with Gasteiger partial charge in [-0.25, -0.2) is 5.01 Å². The van der Waals surface area contributed by atoms with Crippen LogP contribution in [0, 0.1) is 36.5 Å². The number of hydrazine groups is 1. The van der Waals surface area contributed by atoms with Crippen LogP contribution in [-0.4, -0.2) is 22.9 Å². The first-order valence-electron chi connectivity index (χ1n) is 11.1. The molecule has 2 heterocycles. The summed E-state index contributed by atoms with van der Waals surface area (Å²) in [5.41, 5.74) is 4.82. The molecular formula is C23H29N3O2. The van der Waals surface area contributed by atoms with Gasteiger partial charge < -0.3 is 0 Å². The Labute approximate surface area is 166 Å².